The first-order chi connectivity index (χ1) is 9.45. The Morgan fingerprint density at radius 1 is 1.40 bits per heavy atom. The number of rotatable bonds is 3. The maximum atomic E-state index is 13.3. The maximum Gasteiger partial charge on any atom is 0.237 e. The lowest BCUT2D eigenvalue weighted by molar-refractivity contribution is -0.133. The van der Waals surface area contributed by atoms with Crippen molar-refractivity contribution < 1.29 is 18.4 Å². The van der Waals surface area contributed by atoms with E-state index in [4.69, 9.17) is 11.6 Å². The molecule has 1 aromatic rings. The topological polar surface area (TPSA) is 37.4 Å². The fourth-order valence-electron chi connectivity index (χ4n) is 2.38. The molecule has 20 heavy (non-hydrogen) atoms. The summed E-state index contributed by atoms with van der Waals surface area (Å²) in [7, 11) is 0. The number of amides is 1. The maximum absolute atomic E-state index is 13.3. The molecule has 1 aromatic carbocycles. The zero-order chi connectivity index (χ0) is 14.9. The zero-order valence-electron chi connectivity index (χ0n) is 11.0. The van der Waals surface area contributed by atoms with Crippen molar-refractivity contribution in [3.63, 3.8) is 0 Å². The Balaban J connectivity index is 2.35. The third kappa shape index (κ3) is 2.68. The van der Waals surface area contributed by atoms with Crippen LogP contribution in [0.4, 0.5) is 14.5 Å². The van der Waals surface area contributed by atoms with Crippen molar-refractivity contribution in [1.82, 2.24) is 0 Å². The van der Waals surface area contributed by atoms with Gasteiger partial charge in [0.1, 0.15) is 5.78 Å². The average molecular weight is 302 g/mol. The Morgan fingerprint density at radius 3 is 2.70 bits per heavy atom. The summed E-state index contributed by atoms with van der Waals surface area (Å²) in [5.74, 6) is -3.38. The molecule has 3 nitrogen and oxygen atoms in total. The van der Waals surface area contributed by atoms with E-state index in [-0.39, 0.29) is 22.9 Å². The molecule has 1 heterocycles. The number of carbonyl (C=O) groups excluding carboxylic acids is 2. The van der Waals surface area contributed by atoms with E-state index in [1.54, 1.807) is 6.92 Å². The highest BCUT2D eigenvalue weighted by atomic mass is 35.5. The van der Waals surface area contributed by atoms with E-state index in [2.05, 4.69) is 0 Å². The summed E-state index contributed by atoms with van der Waals surface area (Å²) in [5, 5.41) is -0.0400. The lowest BCUT2D eigenvalue weighted by Crippen LogP contribution is -2.44. The quantitative estimate of drug-likeness (QED) is 0.634. The van der Waals surface area contributed by atoms with Gasteiger partial charge in [-0.25, -0.2) is 8.78 Å². The van der Waals surface area contributed by atoms with Crippen LogP contribution >= 0.6 is 11.6 Å². The number of anilines is 1. The van der Waals surface area contributed by atoms with Crippen molar-refractivity contribution in [2.75, 3.05) is 11.4 Å². The molecule has 0 bridgehead atoms. The van der Waals surface area contributed by atoms with Crippen LogP contribution < -0.4 is 4.90 Å². The summed E-state index contributed by atoms with van der Waals surface area (Å²) >= 11 is 5.88. The molecule has 6 heteroatoms. The molecule has 1 amide bonds. The summed E-state index contributed by atoms with van der Waals surface area (Å²) in [6.45, 7) is 2.04. The minimum absolute atomic E-state index is 0.0400. The predicted octanol–water partition coefficient (Wildman–Crippen LogP) is 3.34. The smallest absolute Gasteiger partial charge is 0.237 e. The first kappa shape index (κ1) is 14.9. The molecule has 0 unspecified atom stereocenters. The monoisotopic (exact) mass is 301 g/mol. The van der Waals surface area contributed by atoms with E-state index in [0.717, 1.165) is 12.1 Å². The van der Waals surface area contributed by atoms with Crippen LogP contribution in [0.5, 0.6) is 0 Å². The summed E-state index contributed by atoms with van der Waals surface area (Å²) < 4.78 is 26.4. The van der Waals surface area contributed by atoms with Crippen LogP contribution in [-0.4, -0.2) is 18.2 Å². The molecule has 108 valence electrons. The number of ketones is 1. The molecule has 0 aromatic heterocycles. The number of carbonyl (C=O) groups is 2. The molecule has 1 saturated heterocycles. The Morgan fingerprint density at radius 2 is 2.05 bits per heavy atom. The molecule has 0 aliphatic carbocycles. The lowest BCUT2D eigenvalue weighted by atomic mass is 9.91. The minimum atomic E-state index is -1.07. The van der Waals surface area contributed by atoms with Crippen LogP contribution in [0, 0.1) is 17.6 Å². The van der Waals surface area contributed by atoms with Crippen LogP contribution in [0.3, 0.4) is 0 Å². The average Bonchev–Trinajstić information content (AvgIpc) is 2.42. The van der Waals surface area contributed by atoms with E-state index < -0.39 is 23.5 Å². The van der Waals surface area contributed by atoms with Gasteiger partial charge in [0.05, 0.1) is 16.6 Å². The van der Waals surface area contributed by atoms with Crippen LogP contribution in [-0.2, 0) is 9.59 Å². The number of benzene rings is 1. The second-order valence-corrected chi connectivity index (χ2v) is 5.13. The van der Waals surface area contributed by atoms with Gasteiger partial charge in [0.15, 0.2) is 11.6 Å². The molecular weight excluding hydrogens is 288 g/mol. The molecule has 2 rings (SSSR count). The summed E-state index contributed by atoms with van der Waals surface area (Å²) in [6, 6.07) is 1.74. The van der Waals surface area contributed by atoms with Crippen LogP contribution in [0.2, 0.25) is 5.02 Å². The highest BCUT2D eigenvalue weighted by Gasteiger charge is 2.34. The van der Waals surface area contributed by atoms with Crippen LogP contribution in [0.15, 0.2) is 12.1 Å². The Bertz CT molecular complexity index is 562. The molecule has 0 radical (unpaired) electrons. The molecule has 0 spiro atoms. The van der Waals surface area contributed by atoms with Crippen molar-refractivity contribution in [1.29, 1.82) is 0 Å². The number of hydrogen-bond acceptors (Lipinski definition) is 2. The van der Waals surface area contributed by atoms with Gasteiger partial charge >= 0.3 is 0 Å². The Hall–Kier alpha value is -1.49. The van der Waals surface area contributed by atoms with Crippen molar-refractivity contribution in [3.8, 4) is 0 Å². The van der Waals surface area contributed by atoms with Crippen molar-refractivity contribution in [3.05, 3.63) is 28.8 Å². The fourth-order valence-corrected chi connectivity index (χ4v) is 2.63. The van der Waals surface area contributed by atoms with E-state index >= 15 is 0 Å². The van der Waals surface area contributed by atoms with Gasteiger partial charge in [0, 0.05) is 19.0 Å². The van der Waals surface area contributed by atoms with Gasteiger partial charge in [-0.15, -0.1) is 0 Å². The Labute approximate surface area is 120 Å². The number of piperidine rings is 1. The van der Waals surface area contributed by atoms with Gasteiger partial charge in [0.2, 0.25) is 5.91 Å². The predicted molar refractivity (Wildman–Crippen MR) is 71.7 cm³/mol. The van der Waals surface area contributed by atoms with Gasteiger partial charge in [-0.05, 0) is 18.9 Å². The van der Waals surface area contributed by atoms with E-state index in [1.165, 1.54) is 4.90 Å². The number of halogens is 3. The minimum Gasteiger partial charge on any atom is -0.310 e. The first-order valence-electron chi connectivity index (χ1n) is 6.44. The lowest BCUT2D eigenvalue weighted by Gasteiger charge is -2.32. The highest BCUT2D eigenvalue weighted by Crippen LogP contribution is 2.32. The van der Waals surface area contributed by atoms with E-state index in [1.807, 2.05) is 0 Å². The number of nitrogens with zero attached hydrogens (tertiary/aromatic N) is 1. The molecule has 0 N–H and O–H groups in total. The van der Waals surface area contributed by atoms with Gasteiger partial charge in [-0.3, -0.25) is 9.59 Å². The van der Waals surface area contributed by atoms with Crippen molar-refractivity contribution >= 4 is 29.0 Å². The second kappa shape index (κ2) is 5.87. The summed E-state index contributed by atoms with van der Waals surface area (Å²) in [4.78, 5) is 25.3. The van der Waals surface area contributed by atoms with Gasteiger partial charge in [-0.1, -0.05) is 18.5 Å². The largest absolute Gasteiger partial charge is 0.310 e. The third-order valence-electron chi connectivity index (χ3n) is 3.46. The molecular formula is C14H14ClF2NO2. The van der Waals surface area contributed by atoms with Gasteiger partial charge in [-0.2, -0.15) is 0 Å². The molecule has 0 saturated carbocycles. The van der Waals surface area contributed by atoms with Gasteiger partial charge < -0.3 is 4.90 Å². The van der Waals surface area contributed by atoms with Crippen LogP contribution in [0.1, 0.15) is 26.2 Å². The summed E-state index contributed by atoms with van der Waals surface area (Å²) in [5.41, 5.74) is 0.115. The second-order valence-electron chi connectivity index (χ2n) is 4.72. The summed E-state index contributed by atoms with van der Waals surface area (Å²) in [6.07, 6.45) is 1.39. The molecule has 1 aliphatic heterocycles. The van der Waals surface area contributed by atoms with E-state index in [9.17, 15) is 18.4 Å². The normalized spacial score (nSPS) is 19.3. The zero-order valence-corrected chi connectivity index (χ0v) is 11.7. The Kier molecular flexibility index (Phi) is 4.38. The highest BCUT2D eigenvalue weighted by molar-refractivity contribution is 6.34. The third-order valence-corrected chi connectivity index (χ3v) is 3.76. The van der Waals surface area contributed by atoms with Crippen molar-refractivity contribution in [2.45, 2.75) is 26.2 Å². The first-order valence-corrected chi connectivity index (χ1v) is 6.82. The molecule has 1 fully saturated rings. The molecule has 1 aliphatic rings. The van der Waals surface area contributed by atoms with Crippen LogP contribution in [0.25, 0.3) is 0 Å². The van der Waals surface area contributed by atoms with E-state index in [0.29, 0.717) is 19.4 Å². The standard InChI is InChI=1S/C14H14ClF2NO2/c1-2-13(19)8-4-3-5-18(14(8)20)12-7-11(17)10(16)6-9(12)15/h6-8H,2-5H2,1H3/t8-/m1/s1. The number of hydrogen-bond donors (Lipinski definition) is 0. The number of Topliss-reactive ketones (excluding diaryl/α,β-unsaturated/α-hetero) is 1. The molecule has 1 atom stereocenters. The SMILES string of the molecule is CCC(=O)[C@H]1CCCN(c2cc(F)c(F)cc2Cl)C1=O. The van der Waals surface area contributed by atoms with Crippen molar-refractivity contribution in [2.24, 2.45) is 5.92 Å². The van der Waals surface area contributed by atoms with Gasteiger partial charge in [0.25, 0.3) is 0 Å². The fraction of sp³-hybridized carbons (Fsp3) is 0.429.